The summed E-state index contributed by atoms with van der Waals surface area (Å²) in [6, 6.07) is 15.9. The molecule has 1 aliphatic carbocycles. The van der Waals surface area contributed by atoms with E-state index < -0.39 is 0 Å². The standard InChI is InChI=1S/C25H32FNO/c1-20-6-4-7-21(16-20)18-27-14-12-24(22-8-5-9-23(26)17-22)13-15-28-25(19-24)10-2-3-11-25/h4-9,16-17,27H,2-3,10-15,18-19H2,1H3/t24-/m1/s1. The summed E-state index contributed by atoms with van der Waals surface area (Å²) in [4.78, 5) is 0. The largest absolute Gasteiger partial charge is 0.375 e. The molecule has 1 N–H and O–H groups in total. The minimum atomic E-state index is -0.128. The summed E-state index contributed by atoms with van der Waals surface area (Å²) in [6.07, 6.45) is 7.84. The van der Waals surface area contributed by atoms with Crippen LogP contribution in [0, 0.1) is 12.7 Å². The lowest BCUT2D eigenvalue weighted by Gasteiger charge is -2.47. The molecule has 0 unspecified atom stereocenters. The molecule has 1 aliphatic heterocycles. The normalized spacial score (nSPS) is 23.9. The van der Waals surface area contributed by atoms with Crippen molar-refractivity contribution >= 4 is 0 Å². The van der Waals surface area contributed by atoms with Crippen LogP contribution in [0.2, 0.25) is 0 Å². The topological polar surface area (TPSA) is 21.3 Å². The first-order chi connectivity index (χ1) is 13.6. The molecule has 1 saturated heterocycles. The van der Waals surface area contributed by atoms with Crippen molar-refractivity contribution in [3.05, 3.63) is 71.0 Å². The van der Waals surface area contributed by atoms with Crippen molar-refractivity contribution in [3.8, 4) is 0 Å². The van der Waals surface area contributed by atoms with Gasteiger partial charge in [0.2, 0.25) is 0 Å². The molecule has 28 heavy (non-hydrogen) atoms. The smallest absolute Gasteiger partial charge is 0.123 e. The molecule has 150 valence electrons. The Balaban J connectivity index is 1.48. The molecule has 2 aliphatic rings. The van der Waals surface area contributed by atoms with Crippen LogP contribution in [-0.4, -0.2) is 18.8 Å². The molecule has 1 heterocycles. The van der Waals surface area contributed by atoms with E-state index >= 15 is 0 Å². The molecular formula is C25H32FNO. The third-order valence-corrected chi connectivity index (χ3v) is 6.79. The molecule has 1 saturated carbocycles. The molecule has 1 atom stereocenters. The summed E-state index contributed by atoms with van der Waals surface area (Å²) in [5, 5.41) is 3.63. The molecule has 0 aromatic heterocycles. The van der Waals surface area contributed by atoms with Crippen LogP contribution < -0.4 is 5.32 Å². The Labute approximate surface area is 168 Å². The first-order valence-corrected chi connectivity index (χ1v) is 10.8. The first-order valence-electron chi connectivity index (χ1n) is 10.8. The van der Waals surface area contributed by atoms with E-state index in [2.05, 4.69) is 42.6 Å². The van der Waals surface area contributed by atoms with Crippen LogP contribution in [0.3, 0.4) is 0 Å². The van der Waals surface area contributed by atoms with E-state index in [1.165, 1.54) is 24.0 Å². The number of nitrogens with one attached hydrogen (secondary N) is 1. The molecular weight excluding hydrogens is 349 g/mol. The predicted octanol–water partition coefficient (Wildman–Crippen LogP) is 5.68. The summed E-state index contributed by atoms with van der Waals surface area (Å²) >= 11 is 0. The van der Waals surface area contributed by atoms with Crippen LogP contribution in [0.25, 0.3) is 0 Å². The van der Waals surface area contributed by atoms with Crippen molar-refractivity contribution in [2.24, 2.45) is 0 Å². The lowest BCUT2D eigenvalue weighted by atomic mass is 9.66. The third kappa shape index (κ3) is 4.31. The van der Waals surface area contributed by atoms with Crippen LogP contribution in [0.1, 0.15) is 61.6 Å². The number of benzene rings is 2. The SMILES string of the molecule is Cc1cccc(CNCC[C@@]2(c3cccc(F)c3)CCOC3(CCCC3)C2)c1. The van der Waals surface area contributed by atoms with Gasteiger partial charge < -0.3 is 10.1 Å². The summed E-state index contributed by atoms with van der Waals surface area (Å²) in [5.41, 5.74) is 3.78. The molecule has 1 spiro atoms. The van der Waals surface area contributed by atoms with Crippen LogP contribution in [-0.2, 0) is 16.7 Å². The Bertz CT molecular complexity index is 799. The van der Waals surface area contributed by atoms with E-state index in [1.54, 1.807) is 12.1 Å². The Morgan fingerprint density at radius 2 is 1.86 bits per heavy atom. The number of aryl methyl sites for hydroxylation is 1. The van der Waals surface area contributed by atoms with Gasteiger partial charge in [-0.15, -0.1) is 0 Å². The highest BCUT2D eigenvalue weighted by atomic mass is 19.1. The summed E-state index contributed by atoms with van der Waals surface area (Å²) in [6.45, 7) is 4.73. The summed E-state index contributed by atoms with van der Waals surface area (Å²) in [5.74, 6) is -0.128. The van der Waals surface area contributed by atoms with Gasteiger partial charge in [0.05, 0.1) is 5.60 Å². The Morgan fingerprint density at radius 1 is 1.04 bits per heavy atom. The molecule has 2 fully saturated rings. The molecule has 0 radical (unpaired) electrons. The van der Waals surface area contributed by atoms with Gasteiger partial charge in [0.15, 0.2) is 0 Å². The van der Waals surface area contributed by atoms with Gasteiger partial charge in [-0.3, -0.25) is 0 Å². The fourth-order valence-corrected chi connectivity index (χ4v) is 5.36. The average Bonchev–Trinajstić information content (AvgIpc) is 3.13. The lowest BCUT2D eigenvalue weighted by molar-refractivity contribution is -0.103. The van der Waals surface area contributed by atoms with Crippen LogP contribution in [0.15, 0.2) is 48.5 Å². The lowest BCUT2D eigenvalue weighted by Crippen LogP contribution is -2.47. The molecule has 2 aromatic carbocycles. The third-order valence-electron chi connectivity index (χ3n) is 6.79. The number of halogens is 1. The molecule has 0 bridgehead atoms. The van der Waals surface area contributed by atoms with E-state index in [-0.39, 0.29) is 16.8 Å². The van der Waals surface area contributed by atoms with Gasteiger partial charge in [0, 0.05) is 18.6 Å². The first kappa shape index (κ1) is 19.6. The van der Waals surface area contributed by atoms with Gasteiger partial charge >= 0.3 is 0 Å². The quantitative estimate of drug-likeness (QED) is 0.651. The number of ether oxygens (including phenoxy) is 1. The highest BCUT2D eigenvalue weighted by molar-refractivity contribution is 5.28. The van der Waals surface area contributed by atoms with E-state index in [0.717, 1.165) is 57.4 Å². The summed E-state index contributed by atoms with van der Waals surface area (Å²) in [7, 11) is 0. The monoisotopic (exact) mass is 381 g/mol. The Hall–Kier alpha value is -1.71. The van der Waals surface area contributed by atoms with Crippen LogP contribution >= 0.6 is 0 Å². The van der Waals surface area contributed by atoms with E-state index in [0.29, 0.717) is 0 Å². The molecule has 2 aromatic rings. The average molecular weight is 382 g/mol. The van der Waals surface area contributed by atoms with Crippen molar-refractivity contribution in [1.82, 2.24) is 5.32 Å². The van der Waals surface area contributed by atoms with Crippen LogP contribution in [0.4, 0.5) is 4.39 Å². The minimum absolute atomic E-state index is 0.00426. The molecule has 0 amide bonds. The van der Waals surface area contributed by atoms with Crippen molar-refractivity contribution in [1.29, 1.82) is 0 Å². The van der Waals surface area contributed by atoms with Gasteiger partial charge in [-0.05, 0) is 68.8 Å². The van der Waals surface area contributed by atoms with Gasteiger partial charge in [0.1, 0.15) is 5.82 Å². The second kappa shape index (κ2) is 8.34. The maximum atomic E-state index is 14.1. The van der Waals surface area contributed by atoms with Gasteiger partial charge in [0.25, 0.3) is 0 Å². The highest BCUT2D eigenvalue weighted by Gasteiger charge is 2.47. The number of rotatable bonds is 6. The second-order valence-corrected chi connectivity index (χ2v) is 8.87. The molecule has 2 nitrogen and oxygen atoms in total. The van der Waals surface area contributed by atoms with E-state index in [4.69, 9.17) is 4.74 Å². The highest BCUT2D eigenvalue weighted by Crippen LogP contribution is 2.50. The fourth-order valence-electron chi connectivity index (χ4n) is 5.36. The Morgan fingerprint density at radius 3 is 2.64 bits per heavy atom. The molecule has 3 heteroatoms. The van der Waals surface area contributed by atoms with Crippen LogP contribution in [0.5, 0.6) is 0 Å². The van der Waals surface area contributed by atoms with Gasteiger partial charge in [-0.2, -0.15) is 0 Å². The van der Waals surface area contributed by atoms with Crippen molar-refractivity contribution in [3.63, 3.8) is 0 Å². The second-order valence-electron chi connectivity index (χ2n) is 8.87. The zero-order valence-corrected chi connectivity index (χ0v) is 17.0. The molecule has 4 rings (SSSR count). The number of hydrogen-bond donors (Lipinski definition) is 1. The van der Waals surface area contributed by atoms with E-state index in [1.807, 2.05) is 6.07 Å². The Kier molecular flexibility index (Phi) is 5.84. The van der Waals surface area contributed by atoms with Crippen molar-refractivity contribution in [2.75, 3.05) is 13.2 Å². The summed E-state index contributed by atoms with van der Waals surface area (Å²) < 4.78 is 20.4. The van der Waals surface area contributed by atoms with Gasteiger partial charge in [-0.1, -0.05) is 54.8 Å². The number of hydrogen-bond acceptors (Lipinski definition) is 2. The maximum Gasteiger partial charge on any atom is 0.123 e. The van der Waals surface area contributed by atoms with E-state index in [9.17, 15) is 4.39 Å². The zero-order valence-electron chi connectivity index (χ0n) is 17.0. The zero-order chi connectivity index (χ0) is 19.5. The fraction of sp³-hybridized carbons (Fsp3) is 0.520. The van der Waals surface area contributed by atoms with Crippen molar-refractivity contribution < 1.29 is 9.13 Å². The minimum Gasteiger partial charge on any atom is -0.375 e. The van der Waals surface area contributed by atoms with Gasteiger partial charge in [-0.25, -0.2) is 4.39 Å². The maximum absolute atomic E-state index is 14.1. The van der Waals surface area contributed by atoms with Crippen molar-refractivity contribution in [2.45, 2.75) is 69.4 Å². The predicted molar refractivity (Wildman–Crippen MR) is 112 cm³/mol.